The van der Waals surface area contributed by atoms with Crippen LogP contribution in [-0.4, -0.2) is 11.0 Å². The Bertz CT molecular complexity index is 728. The van der Waals surface area contributed by atoms with E-state index in [1.54, 1.807) is 6.20 Å². The Morgan fingerprint density at radius 1 is 1.20 bits per heavy atom. The summed E-state index contributed by atoms with van der Waals surface area (Å²) in [5.41, 5.74) is 2.93. The summed E-state index contributed by atoms with van der Waals surface area (Å²) < 4.78 is 5.80. The molecule has 2 aromatic rings. The molecule has 1 atom stereocenters. The minimum atomic E-state index is -0.673. The average molecular weight is 286 g/mol. The lowest BCUT2D eigenvalue weighted by atomic mass is 9.75. The van der Waals surface area contributed by atoms with Crippen molar-refractivity contribution in [2.24, 2.45) is 0 Å². The van der Waals surface area contributed by atoms with Crippen molar-refractivity contribution < 1.29 is 9.53 Å². The molecule has 20 heavy (non-hydrogen) atoms. The van der Waals surface area contributed by atoms with Gasteiger partial charge in [-0.2, -0.15) is 0 Å². The number of carbonyl (C=O) groups excluding carboxylic acids is 1. The molecule has 0 saturated heterocycles. The van der Waals surface area contributed by atoms with E-state index in [2.05, 4.69) is 11.1 Å². The predicted octanol–water partition coefficient (Wildman–Crippen LogP) is 3.49. The molecule has 0 bridgehead atoms. The summed E-state index contributed by atoms with van der Waals surface area (Å²) in [5.74, 6) is -0.366. The third-order valence-electron chi connectivity index (χ3n) is 4.24. The van der Waals surface area contributed by atoms with E-state index in [0.717, 1.165) is 30.4 Å². The topological polar surface area (TPSA) is 39.2 Å². The van der Waals surface area contributed by atoms with Crippen LogP contribution in [0, 0.1) is 0 Å². The largest absolute Gasteiger partial charge is 0.445 e. The molecule has 1 aromatic heterocycles. The Kier molecular flexibility index (Phi) is 2.42. The molecule has 4 rings (SSSR count). The summed E-state index contributed by atoms with van der Waals surface area (Å²) in [4.78, 5) is 16.2. The number of fused-ring (bicyclic) bond motifs is 4. The molecular formula is C16H12ClNO2. The van der Waals surface area contributed by atoms with Crippen LogP contribution in [0.1, 0.15) is 39.9 Å². The summed E-state index contributed by atoms with van der Waals surface area (Å²) in [6, 6.07) is 10.0. The molecule has 100 valence electrons. The molecular weight excluding hydrogens is 274 g/mol. The molecule has 4 heteroatoms. The molecule has 0 saturated carbocycles. The summed E-state index contributed by atoms with van der Waals surface area (Å²) in [6.07, 6.45) is 4.44. The molecule has 0 fully saturated rings. The fourth-order valence-corrected chi connectivity index (χ4v) is 3.65. The number of pyridine rings is 1. The zero-order valence-corrected chi connectivity index (χ0v) is 11.5. The van der Waals surface area contributed by atoms with Gasteiger partial charge in [-0.1, -0.05) is 35.9 Å². The molecule has 1 aliphatic carbocycles. The van der Waals surface area contributed by atoms with Gasteiger partial charge in [-0.25, -0.2) is 9.78 Å². The maximum absolute atomic E-state index is 12.2. The monoisotopic (exact) mass is 285 g/mol. The van der Waals surface area contributed by atoms with Crippen molar-refractivity contribution in [3.8, 4) is 0 Å². The van der Waals surface area contributed by atoms with Crippen LogP contribution in [0.2, 0.25) is 5.15 Å². The molecule has 2 heterocycles. The number of halogens is 1. The third kappa shape index (κ3) is 1.41. The lowest BCUT2D eigenvalue weighted by Gasteiger charge is -2.35. The highest BCUT2D eigenvalue weighted by Gasteiger charge is 2.50. The van der Waals surface area contributed by atoms with Gasteiger partial charge in [-0.05, 0) is 30.9 Å². The number of aromatic nitrogens is 1. The van der Waals surface area contributed by atoms with Crippen molar-refractivity contribution in [3.05, 3.63) is 63.9 Å². The van der Waals surface area contributed by atoms with Crippen LogP contribution < -0.4 is 0 Å². The highest BCUT2D eigenvalue weighted by atomic mass is 35.5. The van der Waals surface area contributed by atoms with Crippen LogP contribution in [0.4, 0.5) is 0 Å². The van der Waals surface area contributed by atoms with Crippen molar-refractivity contribution in [1.82, 2.24) is 4.98 Å². The van der Waals surface area contributed by atoms with E-state index in [0.29, 0.717) is 5.56 Å². The summed E-state index contributed by atoms with van der Waals surface area (Å²) in [6.45, 7) is 0. The molecule has 0 N–H and O–H groups in total. The van der Waals surface area contributed by atoms with Crippen LogP contribution in [-0.2, 0) is 16.8 Å². The standard InChI is InChI=1S/C16H12ClNO2/c17-14-13-12(7-9-18-14)16(20-15(13)19)8-3-5-10-4-1-2-6-11(10)16/h1-2,4,6-7,9H,3,5,8H2. The quantitative estimate of drug-likeness (QED) is 0.549. The minimum absolute atomic E-state index is 0.229. The van der Waals surface area contributed by atoms with E-state index in [9.17, 15) is 4.79 Å². The first-order valence-electron chi connectivity index (χ1n) is 6.69. The second-order valence-electron chi connectivity index (χ2n) is 5.25. The second kappa shape index (κ2) is 4.06. The molecule has 0 radical (unpaired) electrons. The number of esters is 1. The van der Waals surface area contributed by atoms with Crippen molar-refractivity contribution in [1.29, 1.82) is 0 Å². The normalized spacial score (nSPS) is 23.4. The number of hydrogen-bond donors (Lipinski definition) is 0. The van der Waals surface area contributed by atoms with Gasteiger partial charge in [0.05, 0.1) is 0 Å². The molecule has 1 aliphatic heterocycles. The zero-order chi connectivity index (χ0) is 13.7. The van der Waals surface area contributed by atoms with E-state index in [-0.39, 0.29) is 11.1 Å². The van der Waals surface area contributed by atoms with Gasteiger partial charge in [0.1, 0.15) is 10.7 Å². The molecule has 1 spiro atoms. The average Bonchev–Trinajstić information content (AvgIpc) is 2.74. The van der Waals surface area contributed by atoms with E-state index in [4.69, 9.17) is 16.3 Å². The fraction of sp³-hybridized carbons (Fsp3) is 0.250. The summed E-state index contributed by atoms with van der Waals surface area (Å²) in [5, 5.41) is 0.229. The number of rotatable bonds is 0. The lowest BCUT2D eigenvalue weighted by Crippen LogP contribution is -2.32. The number of nitrogens with zero attached hydrogens (tertiary/aromatic N) is 1. The number of benzene rings is 1. The number of carbonyl (C=O) groups is 1. The van der Waals surface area contributed by atoms with Crippen molar-refractivity contribution in [2.45, 2.75) is 24.9 Å². The first kappa shape index (κ1) is 11.9. The maximum Gasteiger partial charge on any atom is 0.342 e. The van der Waals surface area contributed by atoms with Crippen molar-refractivity contribution in [3.63, 3.8) is 0 Å². The van der Waals surface area contributed by atoms with Gasteiger partial charge in [0.15, 0.2) is 5.60 Å². The Morgan fingerprint density at radius 3 is 2.95 bits per heavy atom. The van der Waals surface area contributed by atoms with Gasteiger partial charge >= 0.3 is 5.97 Å². The Hall–Kier alpha value is -1.87. The van der Waals surface area contributed by atoms with Gasteiger partial charge in [0.25, 0.3) is 0 Å². The van der Waals surface area contributed by atoms with Crippen LogP contribution in [0.5, 0.6) is 0 Å². The Balaban J connectivity index is 2.02. The van der Waals surface area contributed by atoms with Crippen molar-refractivity contribution in [2.75, 3.05) is 0 Å². The Labute approximate surface area is 121 Å². The van der Waals surface area contributed by atoms with Crippen LogP contribution in [0.25, 0.3) is 0 Å². The van der Waals surface area contributed by atoms with Gasteiger partial charge in [-0.3, -0.25) is 0 Å². The highest BCUT2D eigenvalue weighted by Crippen LogP contribution is 2.49. The van der Waals surface area contributed by atoms with Gasteiger partial charge in [0.2, 0.25) is 0 Å². The Morgan fingerprint density at radius 2 is 2.05 bits per heavy atom. The summed E-state index contributed by atoms with van der Waals surface area (Å²) in [7, 11) is 0. The van der Waals surface area contributed by atoms with Gasteiger partial charge in [-0.15, -0.1) is 0 Å². The number of aryl methyl sites for hydroxylation is 1. The first-order valence-corrected chi connectivity index (χ1v) is 7.07. The van der Waals surface area contributed by atoms with Gasteiger partial charge in [0, 0.05) is 17.3 Å². The van der Waals surface area contributed by atoms with E-state index < -0.39 is 5.60 Å². The third-order valence-corrected chi connectivity index (χ3v) is 4.52. The van der Waals surface area contributed by atoms with E-state index >= 15 is 0 Å². The number of ether oxygens (including phenoxy) is 1. The predicted molar refractivity (Wildman–Crippen MR) is 74.8 cm³/mol. The molecule has 1 aromatic carbocycles. The van der Waals surface area contributed by atoms with Crippen LogP contribution in [0.3, 0.4) is 0 Å². The summed E-state index contributed by atoms with van der Waals surface area (Å²) >= 11 is 6.08. The van der Waals surface area contributed by atoms with E-state index in [1.165, 1.54) is 5.56 Å². The van der Waals surface area contributed by atoms with Gasteiger partial charge < -0.3 is 4.74 Å². The highest BCUT2D eigenvalue weighted by molar-refractivity contribution is 6.32. The zero-order valence-electron chi connectivity index (χ0n) is 10.7. The van der Waals surface area contributed by atoms with Crippen molar-refractivity contribution >= 4 is 17.6 Å². The molecule has 3 nitrogen and oxygen atoms in total. The molecule has 2 aliphatic rings. The maximum atomic E-state index is 12.2. The lowest BCUT2D eigenvalue weighted by molar-refractivity contribution is 0.00375. The second-order valence-corrected chi connectivity index (χ2v) is 5.61. The van der Waals surface area contributed by atoms with E-state index in [1.807, 2.05) is 24.3 Å². The first-order chi connectivity index (χ1) is 9.72. The molecule has 0 amide bonds. The smallest absolute Gasteiger partial charge is 0.342 e. The number of hydrogen-bond acceptors (Lipinski definition) is 3. The van der Waals surface area contributed by atoms with Crippen LogP contribution in [0.15, 0.2) is 36.5 Å². The SMILES string of the molecule is O=C1OC2(CCCc3ccccc32)c2ccnc(Cl)c21. The minimum Gasteiger partial charge on any atom is -0.445 e. The van der Waals surface area contributed by atoms with Crippen LogP contribution >= 0.6 is 11.6 Å². The molecule has 1 unspecified atom stereocenters. The fourth-order valence-electron chi connectivity index (χ4n) is 3.41.